The van der Waals surface area contributed by atoms with Crippen molar-refractivity contribution in [3.8, 4) is 17.2 Å². The van der Waals surface area contributed by atoms with Gasteiger partial charge in [-0.25, -0.2) is 0 Å². The highest BCUT2D eigenvalue weighted by Crippen LogP contribution is 2.39. The van der Waals surface area contributed by atoms with Gasteiger partial charge in [-0.2, -0.15) is 0 Å². The molecule has 1 aromatic heterocycles. The normalized spacial score (nSPS) is 14.4. The molecule has 194 valence electrons. The maximum Gasteiger partial charge on any atom is 0.290 e. The number of nitrogens with zero attached hydrogens (tertiary/aromatic N) is 1. The van der Waals surface area contributed by atoms with Crippen molar-refractivity contribution in [2.45, 2.75) is 12.5 Å². The first-order chi connectivity index (χ1) is 18.4. The van der Waals surface area contributed by atoms with Gasteiger partial charge in [0.05, 0.1) is 31.2 Å². The number of halogens is 1. The number of rotatable bonds is 9. The molecule has 4 aromatic rings. The Kier molecular flexibility index (Phi) is 7.11. The van der Waals surface area contributed by atoms with Gasteiger partial charge in [0.25, 0.3) is 5.91 Å². The number of carbonyl (C=O) groups excluding carboxylic acids is 1. The lowest BCUT2D eigenvalue weighted by Gasteiger charge is -2.25. The summed E-state index contributed by atoms with van der Waals surface area (Å²) in [4.78, 5) is 29.1. The lowest BCUT2D eigenvalue weighted by Crippen LogP contribution is -2.31. The second-order valence-electron chi connectivity index (χ2n) is 8.82. The third-order valence-electron chi connectivity index (χ3n) is 6.58. The van der Waals surface area contributed by atoms with Gasteiger partial charge in [0.1, 0.15) is 17.9 Å². The molecule has 0 spiro atoms. The first-order valence-electron chi connectivity index (χ1n) is 12.1. The molecule has 0 fully saturated rings. The van der Waals surface area contributed by atoms with Crippen LogP contribution in [0.1, 0.15) is 33.3 Å². The van der Waals surface area contributed by atoms with Crippen LogP contribution in [-0.4, -0.2) is 38.2 Å². The molecular weight excluding hydrogens is 506 g/mol. The molecule has 1 unspecified atom stereocenters. The minimum Gasteiger partial charge on any atom is -0.493 e. The maximum atomic E-state index is 13.7. The monoisotopic (exact) mass is 531 g/mol. The number of methoxy groups -OCH3 is 2. The summed E-state index contributed by atoms with van der Waals surface area (Å²) in [5.41, 5.74) is 2.07. The Hall–Kier alpha value is -4.23. The molecule has 7 nitrogen and oxygen atoms in total. The van der Waals surface area contributed by atoms with E-state index >= 15 is 0 Å². The largest absolute Gasteiger partial charge is 0.493 e. The van der Waals surface area contributed by atoms with E-state index in [9.17, 15) is 9.59 Å². The summed E-state index contributed by atoms with van der Waals surface area (Å²) in [6.07, 6.45) is 2.19. The van der Waals surface area contributed by atoms with Crippen molar-refractivity contribution in [3.05, 3.63) is 111 Å². The van der Waals surface area contributed by atoms with Crippen molar-refractivity contribution in [2.24, 2.45) is 0 Å². The van der Waals surface area contributed by atoms with Gasteiger partial charge in [0.2, 0.25) is 5.76 Å². The zero-order chi connectivity index (χ0) is 26.8. The topological polar surface area (TPSA) is 78.2 Å². The van der Waals surface area contributed by atoms with E-state index in [0.29, 0.717) is 58.4 Å². The summed E-state index contributed by atoms with van der Waals surface area (Å²) in [6, 6.07) is 17.2. The van der Waals surface area contributed by atoms with Gasteiger partial charge in [-0.3, -0.25) is 9.59 Å². The van der Waals surface area contributed by atoms with E-state index in [1.165, 1.54) is 0 Å². The Balaban J connectivity index is 1.56. The highest BCUT2D eigenvalue weighted by Gasteiger charge is 2.42. The predicted molar refractivity (Wildman–Crippen MR) is 146 cm³/mol. The summed E-state index contributed by atoms with van der Waals surface area (Å²) in [7, 11) is 3.16. The van der Waals surface area contributed by atoms with Crippen LogP contribution in [0.3, 0.4) is 0 Å². The quantitative estimate of drug-likeness (QED) is 0.253. The highest BCUT2D eigenvalue weighted by atomic mass is 35.5. The molecule has 1 aliphatic heterocycles. The Bertz CT molecular complexity index is 1580. The van der Waals surface area contributed by atoms with Gasteiger partial charge >= 0.3 is 0 Å². The van der Waals surface area contributed by atoms with Gasteiger partial charge in [-0.15, -0.1) is 0 Å². The smallest absolute Gasteiger partial charge is 0.290 e. The van der Waals surface area contributed by atoms with Gasteiger partial charge in [0.15, 0.2) is 16.9 Å². The molecule has 2 heterocycles. The lowest BCUT2D eigenvalue weighted by molar-refractivity contribution is 0.0730. The van der Waals surface area contributed by atoms with Crippen LogP contribution in [0, 0.1) is 0 Å². The fourth-order valence-corrected chi connectivity index (χ4v) is 4.93. The van der Waals surface area contributed by atoms with Crippen molar-refractivity contribution >= 4 is 28.5 Å². The van der Waals surface area contributed by atoms with Crippen LogP contribution in [0.2, 0.25) is 5.02 Å². The minimum atomic E-state index is -0.634. The van der Waals surface area contributed by atoms with Gasteiger partial charge in [-0.1, -0.05) is 42.5 Å². The minimum absolute atomic E-state index is 0.0501. The SMILES string of the molecule is C=CCOc1ccc(C2c3c(oc4ccc(Cl)cc4c3=O)C(=O)N2CCc2ccc(OC)c(OC)c2)cc1. The molecule has 0 bridgehead atoms. The molecule has 0 radical (unpaired) electrons. The Morgan fingerprint density at radius 2 is 1.76 bits per heavy atom. The number of hydrogen-bond donors (Lipinski definition) is 0. The van der Waals surface area contributed by atoms with Crippen molar-refractivity contribution < 1.29 is 23.4 Å². The summed E-state index contributed by atoms with van der Waals surface area (Å²) in [5.74, 6) is 1.60. The van der Waals surface area contributed by atoms with Crippen LogP contribution >= 0.6 is 11.6 Å². The fraction of sp³-hybridized carbons (Fsp3) is 0.200. The van der Waals surface area contributed by atoms with Crippen LogP contribution in [0.25, 0.3) is 11.0 Å². The molecule has 3 aromatic carbocycles. The maximum absolute atomic E-state index is 13.7. The second kappa shape index (κ2) is 10.6. The van der Waals surface area contributed by atoms with Gasteiger partial charge in [-0.05, 0) is 60.0 Å². The van der Waals surface area contributed by atoms with E-state index in [4.69, 9.17) is 30.2 Å². The van der Waals surface area contributed by atoms with E-state index in [-0.39, 0.29) is 17.1 Å². The first kappa shape index (κ1) is 25.4. The van der Waals surface area contributed by atoms with E-state index in [1.54, 1.807) is 43.4 Å². The number of hydrogen-bond acceptors (Lipinski definition) is 6. The van der Waals surface area contributed by atoms with Crippen LogP contribution in [0.5, 0.6) is 17.2 Å². The van der Waals surface area contributed by atoms with Gasteiger partial charge < -0.3 is 23.5 Å². The molecular formula is C30H26ClNO6. The first-order valence-corrected chi connectivity index (χ1v) is 12.4. The predicted octanol–water partition coefficient (Wildman–Crippen LogP) is 5.82. The van der Waals surface area contributed by atoms with Crippen LogP contribution < -0.4 is 19.6 Å². The Morgan fingerprint density at radius 1 is 1.00 bits per heavy atom. The zero-order valence-electron chi connectivity index (χ0n) is 21.0. The number of carbonyl (C=O) groups is 1. The molecule has 0 aliphatic carbocycles. The average molecular weight is 532 g/mol. The number of ether oxygens (including phenoxy) is 3. The second-order valence-corrected chi connectivity index (χ2v) is 9.26. The van der Waals surface area contributed by atoms with E-state index < -0.39 is 6.04 Å². The number of amides is 1. The molecule has 0 saturated heterocycles. The molecule has 0 saturated carbocycles. The third-order valence-corrected chi connectivity index (χ3v) is 6.82. The fourth-order valence-electron chi connectivity index (χ4n) is 4.76. The molecule has 8 heteroatoms. The third kappa shape index (κ3) is 4.61. The molecule has 38 heavy (non-hydrogen) atoms. The van der Waals surface area contributed by atoms with Crippen molar-refractivity contribution in [2.75, 3.05) is 27.4 Å². The van der Waals surface area contributed by atoms with Crippen LogP contribution in [-0.2, 0) is 6.42 Å². The van der Waals surface area contributed by atoms with E-state index in [0.717, 1.165) is 11.1 Å². The van der Waals surface area contributed by atoms with Crippen LogP contribution in [0.4, 0.5) is 0 Å². The number of fused-ring (bicyclic) bond motifs is 2. The Labute approximate surface area is 224 Å². The molecule has 5 rings (SSSR count). The highest BCUT2D eigenvalue weighted by molar-refractivity contribution is 6.31. The molecule has 1 atom stereocenters. The standard InChI is InChI=1S/C30H26ClNO6/c1-4-15-37-21-9-6-19(7-10-21)27-26-28(33)22-17-20(31)8-12-23(22)38-29(26)30(34)32(27)14-13-18-5-11-24(35-2)25(16-18)36-3/h4-12,16-17,27H,1,13-15H2,2-3H3. The number of benzene rings is 3. The van der Waals surface area contributed by atoms with E-state index in [2.05, 4.69) is 6.58 Å². The molecule has 1 aliphatic rings. The average Bonchev–Trinajstić information content (AvgIpc) is 3.22. The summed E-state index contributed by atoms with van der Waals surface area (Å²) < 4.78 is 22.4. The zero-order valence-corrected chi connectivity index (χ0v) is 21.8. The molecule has 0 N–H and O–H groups in total. The van der Waals surface area contributed by atoms with Crippen molar-refractivity contribution in [1.82, 2.24) is 4.90 Å². The van der Waals surface area contributed by atoms with Gasteiger partial charge in [0, 0.05) is 11.6 Å². The van der Waals surface area contributed by atoms with Crippen molar-refractivity contribution in [1.29, 1.82) is 0 Å². The summed E-state index contributed by atoms with van der Waals surface area (Å²) in [6.45, 7) is 4.38. The van der Waals surface area contributed by atoms with Crippen LogP contribution in [0.15, 0.2) is 82.5 Å². The summed E-state index contributed by atoms with van der Waals surface area (Å²) >= 11 is 6.18. The lowest BCUT2D eigenvalue weighted by atomic mass is 9.98. The molecule has 1 amide bonds. The summed E-state index contributed by atoms with van der Waals surface area (Å²) in [5, 5.41) is 0.751. The van der Waals surface area contributed by atoms with Crippen molar-refractivity contribution in [3.63, 3.8) is 0 Å². The van der Waals surface area contributed by atoms with E-state index in [1.807, 2.05) is 42.5 Å². The Morgan fingerprint density at radius 3 is 2.47 bits per heavy atom.